The van der Waals surface area contributed by atoms with Crippen molar-refractivity contribution in [3.8, 4) is 0 Å². The maximum Gasteiger partial charge on any atom is 0.287 e. The minimum absolute atomic E-state index is 0.103. The van der Waals surface area contributed by atoms with Crippen LogP contribution in [0.5, 0.6) is 0 Å². The third-order valence-corrected chi connectivity index (χ3v) is 7.76. The summed E-state index contributed by atoms with van der Waals surface area (Å²) in [5, 5.41) is 0.611. The van der Waals surface area contributed by atoms with E-state index in [4.69, 9.17) is 0 Å². The predicted molar refractivity (Wildman–Crippen MR) is 126 cm³/mol. The molecule has 0 saturated heterocycles. The standard InChI is InChI=1S/C25H25N3O2S/c1-24(2)14-25(3,15-10-7-6-8-11-15)17-13-9-12-16-18(22(30)28(24)19(16)17)20-21(29)26-23(31-20)27(4)5/h6-13H,14H2,1-5H3/b20-18-. The van der Waals surface area contributed by atoms with E-state index in [1.165, 1.54) is 17.3 Å². The Morgan fingerprint density at radius 3 is 2.35 bits per heavy atom. The molecule has 0 aromatic heterocycles. The first-order chi connectivity index (χ1) is 14.6. The molecular formula is C25H25N3O2S. The van der Waals surface area contributed by atoms with Crippen molar-refractivity contribution in [3.63, 3.8) is 0 Å². The van der Waals surface area contributed by atoms with Crippen molar-refractivity contribution < 1.29 is 9.59 Å². The second-order valence-corrected chi connectivity index (χ2v) is 10.4. The van der Waals surface area contributed by atoms with Crippen LogP contribution in [0.3, 0.4) is 0 Å². The maximum absolute atomic E-state index is 13.8. The van der Waals surface area contributed by atoms with Crippen molar-refractivity contribution in [1.29, 1.82) is 0 Å². The normalized spacial score (nSPS) is 26.2. The third-order valence-electron chi connectivity index (χ3n) is 6.54. The quantitative estimate of drug-likeness (QED) is 0.627. The van der Waals surface area contributed by atoms with Crippen LogP contribution in [-0.4, -0.2) is 41.5 Å². The molecule has 0 radical (unpaired) electrons. The molecule has 3 heterocycles. The molecule has 6 heteroatoms. The molecule has 0 bridgehead atoms. The molecule has 5 rings (SSSR count). The lowest BCUT2D eigenvalue weighted by atomic mass is 9.65. The first-order valence-corrected chi connectivity index (χ1v) is 11.2. The summed E-state index contributed by atoms with van der Waals surface area (Å²) in [5.74, 6) is -0.438. The topological polar surface area (TPSA) is 53.0 Å². The summed E-state index contributed by atoms with van der Waals surface area (Å²) in [5.41, 5.74) is 3.96. The number of amidine groups is 1. The molecule has 1 atom stereocenters. The lowest BCUT2D eigenvalue weighted by Gasteiger charge is -2.49. The molecule has 3 aliphatic heterocycles. The van der Waals surface area contributed by atoms with E-state index in [2.05, 4.69) is 56.1 Å². The Morgan fingerprint density at radius 1 is 1.00 bits per heavy atom. The Kier molecular flexibility index (Phi) is 4.25. The zero-order valence-electron chi connectivity index (χ0n) is 18.4. The molecule has 0 spiro atoms. The first-order valence-electron chi connectivity index (χ1n) is 10.4. The predicted octanol–water partition coefficient (Wildman–Crippen LogP) is 4.42. The number of amides is 2. The van der Waals surface area contributed by atoms with Gasteiger partial charge >= 0.3 is 0 Å². The zero-order valence-corrected chi connectivity index (χ0v) is 19.2. The highest BCUT2D eigenvalue weighted by Gasteiger charge is 2.53. The zero-order chi connectivity index (χ0) is 22.1. The van der Waals surface area contributed by atoms with Crippen LogP contribution in [0.2, 0.25) is 0 Å². The number of para-hydroxylation sites is 1. The van der Waals surface area contributed by atoms with Crippen LogP contribution < -0.4 is 4.90 Å². The minimum Gasteiger partial charge on any atom is -0.357 e. The van der Waals surface area contributed by atoms with Gasteiger partial charge in [0, 0.05) is 30.6 Å². The van der Waals surface area contributed by atoms with Gasteiger partial charge in [0.2, 0.25) is 0 Å². The Bertz CT molecular complexity index is 1200. The van der Waals surface area contributed by atoms with Gasteiger partial charge in [0.1, 0.15) is 0 Å². The SMILES string of the molecule is CN(C)C1=NC(=O)/C(=C2/C(=O)N3c4c2cccc4C(C)(c2ccccc2)CC3(C)C)S1. The monoisotopic (exact) mass is 431 g/mol. The third kappa shape index (κ3) is 2.74. The number of hydrogen-bond donors (Lipinski definition) is 0. The smallest absolute Gasteiger partial charge is 0.287 e. The molecule has 0 aliphatic carbocycles. The van der Waals surface area contributed by atoms with E-state index in [1.54, 1.807) is 4.90 Å². The van der Waals surface area contributed by atoms with Gasteiger partial charge in [-0.05, 0) is 43.2 Å². The summed E-state index contributed by atoms with van der Waals surface area (Å²) >= 11 is 1.29. The fourth-order valence-corrected chi connectivity index (χ4v) is 6.23. The van der Waals surface area contributed by atoms with Gasteiger partial charge in [-0.15, -0.1) is 0 Å². The Morgan fingerprint density at radius 2 is 1.71 bits per heavy atom. The van der Waals surface area contributed by atoms with Gasteiger partial charge in [-0.25, -0.2) is 0 Å². The van der Waals surface area contributed by atoms with Gasteiger partial charge in [-0.3, -0.25) is 9.59 Å². The summed E-state index contributed by atoms with van der Waals surface area (Å²) < 4.78 is 0. The minimum atomic E-state index is -0.412. The molecule has 158 valence electrons. The second kappa shape index (κ2) is 6.57. The molecular weight excluding hydrogens is 406 g/mol. The number of rotatable bonds is 1. The van der Waals surface area contributed by atoms with Gasteiger partial charge in [-0.2, -0.15) is 4.99 Å². The number of aliphatic imine (C=N–C) groups is 1. The highest BCUT2D eigenvalue weighted by atomic mass is 32.2. The van der Waals surface area contributed by atoms with Gasteiger partial charge in [0.25, 0.3) is 11.8 Å². The van der Waals surface area contributed by atoms with Crippen molar-refractivity contribution in [2.75, 3.05) is 19.0 Å². The number of hydrogen-bond acceptors (Lipinski definition) is 4. The lowest BCUT2D eigenvalue weighted by Crippen LogP contribution is -2.54. The van der Waals surface area contributed by atoms with Crippen LogP contribution in [0, 0.1) is 0 Å². The van der Waals surface area contributed by atoms with Crippen LogP contribution in [0.1, 0.15) is 43.9 Å². The van der Waals surface area contributed by atoms with E-state index in [0.29, 0.717) is 15.6 Å². The van der Waals surface area contributed by atoms with Crippen LogP contribution in [0.4, 0.5) is 5.69 Å². The van der Waals surface area contributed by atoms with Gasteiger partial charge in [-0.1, -0.05) is 55.5 Å². The Balaban J connectivity index is 1.76. The van der Waals surface area contributed by atoms with Crippen LogP contribution in [-0.2, 0) is 15.0 Å². The van der Waals surface area contributed by atoms with E-state index >= 15 is 0 Å². The largest absolute Gasteiger partial charge is 0.357 e. The molecule has 0 fully saturated rings. The first kappa shape index (κ1) is 20.1. The van der Waals surface area contributed by atoms with Crippen LogP contribution >= 0.6 is 11.8 Å². The van der Waals surface area contributed by atoms with Gasteiger partial charge in [0.05, 0.1) is 16.2 Å². The van der Waals surface area contributed by atoms with E-state index in [9.17, 15) is 9.59 Å². The summed E-state index contributed by atoms with van der Waals surface area (Å²) in [6, 6.07) is 16.6. The summed E-state index contributed by atoms with van der Waals surface area (Å²) in [4.78, 5) is 34.9. The summed E-state index contributed by atoms with van der Waals surface area (Å²) in [6.07, 6.45) is 0.787. The second-order valence-electron chi connectivity index (χ2n) is 9.43. The molecule has 31 heavy (non-hydrogen) atoms. The van der Waals surface area contributed by atoms with Crippen molar-refractivity contribution in [2.45, 2.75) is 38.1 Å². The highest BCUT2D eigenvalue weighted by Crippen LogP contribution is 2.57. The molecule has 1 unspecified atom stereocenters. The molecule has 0 saturated carbocycles. The number of anilines is 1. The van der Waals surface area contributed by atoms with E-state index in [0.717, 1.165) is 23.2 Å². The van der Waals surface area contributed by atoms with E-state index in [1.807, 2.05) is 37.2 Å². The molecule has 2 aromatic rings. The van der Waals surface area contributed by atoms with Crippen LogP contribution in [0.25, 0.3) is 5.57 Å². The van der Waals surface area contributed by atoms with Gasteiger partial charge < -0.3 is 9.80 Å². The van der Waals surface area contributed by atoms with E-state index in [-0.39, 0.29) is 17.2 Å². The fraction of sp³-hybridized carbons (Fsp3) is 0.320. The Hall–Kier alpha value is -2.86. The number of carbonyl (C=O) groups is 2. The van der Waals surface area contributed by atoms with Crippen LogP contribution in [0.15, 0.2) is 58.4 Å². The van der Waals surface area contributed by atoms with Crippen molar-refractivity contribution in [2.24, 2.45) is 4.99 Å². The van der Waals surface area contributed by atoms with Gasteiger partial charge in [0.15, 0.2) is 5.17 Å². The lowest BCUT2D eigenvalue weighted by molar-refractivity contribution is -0.115. The number of carbonyl (C=O) groups excluding carboxylic acids is 2. The summed E-state index contributed by atoms with van der Waals surface area (Å²) in [7, 11) is 3.70. The number of benzene rings is 2. The van der Waals surface area contributed by atoms with Crippen molar-refractivity contribution >= 4 is 40.0 Å². The average molecular weight is 432 g/mol. The molecule has 5 nitrogen and oxygen atoms in total. The summed E-state index contributed by atoms with van der Waals surface area (Å²) in [6.45, 7) is 6.49. The average Bonchev–Trinajstić information content (AvgIpc) is 3.24. The molecule has 3 aliphatic rings. The highest BCUT2D eigenvalue weighted by molar-refractivity contribution is 8.18. The molecule has 0 N–H and O–H groups in total. The van der Waals surface area contributed by atoms with E-state index < -0.39 is 5.54 Å². The van der Waals surface area contributed by atoms with Crippen molar-refractivity contribution in [1.82, 2.24) is 4.90 Å². The van der Waals surface area contributed by atoms with Crippen molar-refractivity contribution in [3.05, 3.63) is 70.1 Å². The number of thioether (sulfide) groups is 1. The molecule has 2 aromatic carbocycles. The fourth-order valence-electron chi connectivity index (χ4n) is 5.30. The maximum atomic E-state index is 13.8. The molecule has 2 amide bonds. The number of nitrogens with zero attached hydrogens (tertiary/aromatic N) is 3. The Labute approximate surface area is 186 Å².